The summed E-state index contributed by atoms with van der Waals surface area (Å²) in [5, 5.41) is 1.04. The van der Waals surface area contributed by atoms with Crippen molar-refractivity contribution in [1.29, 1.82) is 0 Å². The Morgan fingerprint density at radius 3 is 2.84 bits per heavy atom. The molecule has 0 amide bonds. The first kappa shape index (κ1) is 16.1. The third-order valence-electron chi connectivity index (χ3n) is 4.47. The molecule has 1 aliphatic carbocycles. The fraction of sp³-hybridized carbons (Fsp3) is 0.316. The molecule has 0 spiro atoms. The van der Waals surface area contributed by atoms with Crippen LogP contribution >= 0.6 is 11.8 Å². The number of thioether (sulfide) groups is 1. The Bertz CT molecular complexity index is 962. The lowest BCUT2D eigenvalue weighted by Crippen LogP contribution is -2.27. The lowest BCUT2D eigenvalue weighted by atomic mass is 9.99. The number of Topliss-reactive ketones (excluding diaryl/α,β-unsaturated/α-hetero) is 1. The van der Waals surface area contributed by atoms with Crippen molar-refractivity contribution in [2.75, 3.05) is 0 Å². The molecule has 1 atom stereocenters. The van der Waals surface area contributed by atoms with Gasteiger partial charge in [0.1, 0.15) is 11.5 Å². The van der Waals surface area contributed by atoms with Crippen LogP contribution in [-0.4, -0.2) is 20.6 Å². The highest BCUT2D eigenvalue weighted by Gasteiger charge is 2.25. The minimum absolute atomic E-state index is 0.104. The number of rotatable bonds is 4. The van der Waals surface area contributed by atoms with Crippen molar-refractivity contribution < 1.29 is 9.21 Å². The first-order valence-corrected chi connectivity index (χ1v) is 9.31. The van der Waals surface area contributed by atoms with E-state index in [1.54, 1.807) is 23.0 Å². The normalized spacial score (nSPS) is 17.9. The van der Waals surface area contributed by atoms with Gasteiger partial charge in [0.05, 0.1) is 29.0 Å². The van der Waals surface area contributed by atoms with Gasteiger partial charge in [-0.3, -0.25) is 14.2 Å². The number of ketones is 1. The van der Waals surface area contributed by atoms with E-state index in [0.29, 0.717) is 34.8 Å². The summed E-state index contributed by atoms with van der Waals surface area (Å²) in [5.74, 6) is 0.944. The van der Waals surface area contributed by atoms with E-state index in [1.165, 1.54) is 11.8 Å². The Morgan fingerprint density at radius 2 is 2.04 bits per heavy atom. The molecule has 3 aromatic rings. The van der Waals surface area contributed by atoms with Crippen LogP contribution in [0, 0.1) is 0 Å². The summed E-state index contributed by atoms with van der Waals surface area (Å²) in [6.07, 6.45) is 5.05. The van der Waals surface area contributed by atoms with E-state index < -0.39 is 0 Å². The fourth-order valence-corrected chi connectivity index (χ4v) is 4.35. The van der Waals surface area contributed by atoms with Crippen molar-refractivity contribution in [3.05, 3.63) is 58.8 Å². The fourth-order valence-electron chi connectivity index (χ4n) is 3.14. The summed E-state index contributed by atoms with van der Waals surface area (Å²) < 4.78 is 7.03. The zero-order chi connectivity index (χ0) is 17.2. The molecule has 1 aliphatic rings. The molecule has 0 radical (unpaired) electrons. The van der Waals surface area contributed by atoms with Crippen LogP contribution in [0.3, 0.4) is 0 Å². The summed E-state index contributed by atoms with van der Waals surface area (Å²) in [7, 11) is 0. The van der Waals surface area contributed by atoms with E-state index in [9.17, 15) is 9.59 Å². The van der Waals surface area contributed by atoms with Crippen molar-refractivity contribution in [3.8, 4) is 0 Å². The topological polar surface area (TPSA) is 65.1 Å². The van der Waals surface area contributed by atoms with E-state index in [4.69, 9.17) is 4.42 Å². The van der Waals surface area contributed by atoms with Crippen LogP contribution in [0.2, 0.25) is 0 Å². The largest absolute Gasteiger partial charge is 0.467 e. The van der Waals surface area contributed by atoms with Crippen molar-refractivity contribution in [2.45, 2.75) is 42.6 Å². The summed E-state index contributed by atoms with van der Waals surface area (Å²) in [5.41, 5.74) is 0.557. The van der Waals surface area contributed by atoms with E-state index >= 15 is 0 Å². The van der Waals surface area contributed by atoms with Crippen LogP contribution in [0.5, 0.6) is 0 Å². The molecule has 128 valence electrons. The van der Waals surface area contributed by atoms with E-state index in [2.05, 4.69) is 4.98 Å². The highest BCUT2D eigenvalue weighted by molar-refractivity contribution is 8.00. The van der Waals surface area contributed by atoms with Crippen molar-refractivity contribution in [2.24, 2.45) is 0 Å². The SMILES string of the molecule is O=C1CCCCC1Sc1nc2ccccc2c(=O)n1Cc1ccco1. The van der Waals surface area contributed by atoms with E-state index in [-0.39, 0.29) is 16.6 Å². The number of carbonyl (C=O) groups excluding carboxylic acids is 1. The van der Waals surface area contributed by atoms with Gasteiger partial charge in [-0.2, -0.15) is 0 Å². The molecular formula is C19H18N2O3S. The summed E-state index contributed by atoms with van der Waals surface area (Å²) in [6.45, 7) is 0.312. The van der Waals surface area contributed by atoms with Gasteiger partial charge in [-0.05, 0) is 37.1 Å². The highest BCUT2D eigenvalue weighted by Crippen LogP contribution is 2.31. The molecule has 0 aliphatic heterocycles. The van der Waals surface area contributed by atoms with Crippen LogP contribution in [-0.2, 0) is 11.3 Å². The number of benzene rings is 1. The summed E-state index contributed by atoms with van der Waals surface area (Å²) >= 11 is 1.41. The number of nitrogens with zero attached hydrogens (tertiary/aromatic N) is 2. The number of hydrogen-bond donors (Lipinski definition) is 0. The lowest BCUT2D eigenvalue weighted by molar-refractivity contribution is -0.119. The molecular weight excluding hydrogens is 336 g/mol. The summed E-state index contributed by atoms with van der Waals surface area (Å²) in [6, 6.07) is 10.9. The zero-order valence-electron chi connectivity index (χ0n) is 13.7. The molecule has 6 heteroatoms. The minimum Gasteiger partial charge on any atom is -0.467 e. The van der Waals surface area contributed by atoms with E-state index in [0.717, 1.165) is 19.3 Å². The number of para-hydroxylation sites is 1. The molecule has 1 fully saturated rings. The maximum absolute atomic E-state index is 13.0. The van der Waals surface area contributed by atoms with Crippen LogP contribution in [0.25, 0.3) is 10.9 Å². The molecule has 4 rings (SSSR count). The van der Waals surface area contributed by atoms with Crippen LogP contribution in [0.4, 0.5) is 0 Å². The number of aromatic nitrogens is 2. The Kier molecular flexibility index (Phi) is 4.44. The van der Waals surface area contributed by atoms with Crippen molar-refractivity contribution in [3.63, 3.8) is 0 Å². The van der Waals surface area contributed by atoms with Gasteiger partial charge < -0.3 is 4.42 Å². The van der Waals surface area contributed by atoms with Gasteiger partial charge >= 0.3 is 0 Å². The van der Waals surface area contributed by atoms with Crippen molar-refractivity contribution >= 4 is 28.4 Å². The number of furan rings is 1. The number of hydrogen-bond acceptors (Lipinski definition) is 5. The predicted molar refractivity (Wildman–Crippen MR) is 96.9 cm³/mol. The Morgan fingerprint density at radius 1 is 1.16 bits per heavy atom. The van der Waals surface area contributed by atoms with Crippen LogP contribution < -0.4 is 5.56 Å². The van der Waals surface area contributed by atoms with Crippen molar-refractivity contribution in [1.82, 2.24) is 9.55 Å². The van der Waals surface area contributed by atoms with Crippen LogP contribution in [0.15, 0.2) is 57.0 Å². The Labute approximate surface area is 149 Å². The Hall–Kier alpha value is -2.34. The second-order valence-electron chi connectivity index (χ2n) is 6.20. The van der Waals surface area contributed by atoms with Gasteiger partial charge in [-0.25, -0.2) is 4.98 Å². The molecule has 2 heterocycles. The molecule has 0 bridgehead atoms. The molecule has 0 saturated heterocycles. The average molecular weight is 354 g/mol. The van der Waals surface area contributed by atoms with Gasteiger partial charge in [0.2, 0.25) is 0 Å². The van der Waals surface area contributed by atoms with Gasteiger partial charge in [-0.1, -0.05) is 30.3 Å². The maximum Gasteiger partial charge on any atom is 0.262 e. The smallest absolute Gasteiger partial charge is 0.262 e. The zero-order valence-corrected chi connectivity index (χ0v) is 14.5. The first-order chi connectivity index (χ1) is 12.2. The monoisotopic (exact) mass is 354 g/mol. The second-order valence-corrected chi connectivity index (χ2v) is 7.37. The lowest BCUT2D eigenvalue weighted by Gasteiger charge is -2.21. The van der Waals surface area contributed by atoms with Crippen LogP contribution in [0.1, 0.15) is 31.4 Å². The number of fused-ring (bicyclic) bond motifs is 1. The average Bonchev–Trinajstić information content (AvgIpc) is 3.13. The molecule has 1 saturated carbocycles. The van der Waals surface area contributed by atoms with Gasteiger partial charge in [-0.15, -0.1) is 0 Å². The molecule has 1 unspecified atom stereocenters. The third kappa shape index (κ3) is 3.26. The van der Waals surface area contributed by atoms with Gasteiger partial charge in [0.25, 0.3) is 5.56 Å². The molecule has 5 nitrogen and oxygen atoms in total. The van der Waals surface area contributed by atoms with Gasteiger partial charge in [0.15, 0.2) is 5.16 Å². The molecule has 2 aromatic heterocycles. The number of carbonyl (C=O) groups is 1. The minimum atomic E-state index is -0.121. The molecule has 1 aromatic carbocycles. The Balaban J connectivity index is 1.79. The third-order valence-corrected chi connectivity index (χ3v) is 5.77. The van der Waals surface area contributed by atoms with E-state index in [1.807, 2.05) is 24.3 Å². The first-order valence-electron chi connectivity index (χ1n) is 8.44. The second kappa shape index (κ2) is 6.88. The molecule has 0 N–H and O–H groups in total. The quantitative estimate of drug-likeness (QED) is 0.669. The predicted octanol–water partition coefficient (Wildman–Crippen LogP) is 3.64. The standard InChI is InChI=1S/C19H18N2O3S/c22-16-9-3-4-10-17(16)25-19-20-15-8-2-1-7-14(15)18(23)21(19)12-13-6-5-11-24-13/h1-2,5-8,11,17H,3-4,9-10,12H2. The van der Waals surface area contributed by atoms with Gasteiger partial charge in [0, 0.05) is 6.42 Å². The molecule has 25 heavy (non-hydrogen) atoms. The maximum atomic E-state index is 13.0. The highest BCUT2D eigenvalue weighted by atomic mass is 32.2. The summed E-state index contributed by atoms with van der Waals surface area (Å²) in [4.78, 5) is 29.9.